The van der Waals surface area contributed by atoms with Crippen LogP contribution < -0.4 is 0 Å². The molecule has 0 amide bonds. The molecule has 0 unspecified atom stereocenters. The fraction of sp³-hybridized carbons (Fsp3) is 0.140. The highest BCUT2D eigenvalue weighted by molar-refractivity contribution is 6.32. The van der Waals surface area contributed by atoms with Crippen molar-refractivity contribution in [2.24, 2.45) is 0 Å². The van der Waals surface area contributed by atoms with Crippen LogP contribution in [0.25, 0.3) is 110 Å². The lowest BCUT2D eigenvalue weighted by atomic mass is 9.62. The molecule has 13 rings (SSSR count). The predicted octanol–water partition coefficient (Wildman–Crippen LogP) is 15.5. The van der Waals surface area contributed by atoms with Gasteiger partial charge in [-0.2, -0.15) is 0 Å². The first-order valence-electron chi connectivity index (χ1n) is 21.6. The summed E-state index contributed by atoms with van der Waals surface area (Å²) < 4.78 is 11.4. The van der Waals surface area contributed by atoms with Gasteiger partial charge in [-0.3, -0.25) is 0 Å². The summed E-state index contributed by atoms with van der Waals surface area (Å²) in [5, 5.41) is 12.4. The molecule has 292 valence electrons. The summed E-state index contributed by atoms with van der Waals surface area (Å²) in [6.07, 6.45) is 2.32. The molecule has 9 aromatic carbocycles. The van der Waals surface area contributed by atoms with Crippen molar-refractivity contribution in [2.45, 2.75) is 51.4 Å². The zero-order valence-corrected chi connectivity index (χ0v) is 34.8. The van der Waals surface area contributed by atoms with E-state index in [2.05, 4.69) is 170 Å². The average Bonchev–Trinajstić information content (AvgIpc) is 3.99. The lowest BCUT2D eigenvalue weighted by Gasteiger charge is -2.42. The molecule has 0 atom stereocenters. The maximum Gasteiger partial charge on any atom is 0.227 e. The van der Waals surface area contributed by atoms with E-state index in [1.807, 2.05) is 30.3 Å². The minimum Gasteiger partial charge on any atom is -0.436 e. The van der Waals surface area contributed by atoms with E-state index in [9.17, 15) is 0 Å². The molecule has 4 nitrogen and oxygen atoms in total. The van der Waals surface area contributed by atoms with Crippen molar-refractivity contribution in [3.8, 4) is 22.8 Å². The Morgan fingerprint density at radius 1 is 0.475 bits per heavy atom. The molecule has 0 bridgehead atoms. The van der Waals surface area contributed by atoms with Gasteiger partial charge in [0.25, 0.3) is 0 Å². The van der Waals surface area contributed by atoms with Gasteiger partial charge in [-0.25, -0.2) is 4.98 Å². The summed E-state index contributed by atoms with van der Waals surface area (Å²) in [5.41, 5.74) is 12.9. The molecule has 4 heteroatoms. The summed E-state index contributed by atoms with van der Waals surface area (Å²) in [5.74, 6) is 0.638. The van der Waals surface area contributed by atoms with Crippen molar-refractivity contribution in [1.29, 1.82) is 0 Å². The first kappa shape index (κ1) is 34.7. The number of oxazole rings is 1. The molecule has 61 heavy (non-hydrogen) atoms. The van der Waals surface area contributed by atoms with Gasteiger partial charge in [0.2, 0.25) is 5.89 Å². The second-order valence-electron chi connectivity index (χ2n) is 18.6. The number of hydrogen-bond acceptors (Lipinski definition) is 2. The van der Waals surface area contributed by atoms with Crippen molar-refractivity contribution in [1.82, 2.24) is 14.1 Å². The highest BCUT2D eigenvalue weighted by Crippen LogP contribution is 2.52. The lowest BCUT2D eigenvalue weighted by Crippen LogP contribution is -2.34. The molecular weight excluding hydrogens is 743 g/mol. The summed E-state index contributed by atoms with van der Waals surface area (Å²) in [6.45, 7) is 9.79. The molecule has 0 fully saturated rings. The summed E-state index contributed by atoms with van der Waals surface area (Å²) >= 11 is 0. The fourth-order valence-electron chi connectivity index (χ4n) is 11.1. The summed E-state index contributed by atoms with van der Waals surface area (Å²) in [6, 6.07) is 60.1. The van der Waals surface area contributed by atoms with Crippen LogP contribution in [0.3, 0.4) is 0 Å². The lowest BCUT2D eigenvalue weighted by molar-refractivity contribution is 0.334. The number of benzene rings is 9. The number of fused-ring (bicyclic) bond motifs is 16. The molecule has 0 spiro atoms. The van der Waals surface area contributed by atoms with Crippen LogP contribution in [0.4, 0.5) is 0 Å². The summed E-state index contributed by atoms with van der Waals surface area (Å²) in [7, 11) is 0. The maximum atomic E-state index is 6.34. The predicted molar refractivity (Wildman–Crippen MR) is 256 cm³/mol. The van der Waals surface area contributed by atoms with Crippen LogP contribution >= 0.6 is 0 Å². The molecule has 0 aliphatic heterocycles. The maximum absolute atomic E-state index is 6.34. The van der Waals surface area contributed by atoms with Crippen LogP contribution in [0.1, 0.15) is 51.7 Å². The van der Waals surface area contributed by atoms with Crippen LogP contribution in [-0.4, -0.2) is 14.1 Å². The molecular formula is C57H43N3O. The minimum atomic E-state index is 0.0160. The molecule has 1 aliphatic rings. The van der Waals surface area contributed by atoms with Crippen LogP contribution in [-0.2, 0) is 10.8 Å². The van der Waals surface area contributed by atoms with Gasteiger partial charge in [-0.05, 0) is 122 Å². The van der Waals surface area contributed by atoms with Gasteiger partial charge in [0.05, 0.1) is 22.1 Å². The molecule has 0 radical (unpaired) electrons. The van der Waals surface area contributed by atoms with Crippen LogP contribution in [0.15, 0.2) is 168 Å². The van der Waals surface area contributed by atoms with Gasteiger partial charge in [0.1, 0.15) is 5.52 Å². The van der Waals surface area contributed by atoms with E-state index < -0.39 is 0 Å². The fourth-order valence-corrected chi connectivity index (χ4v) is 11.1. The smallest absolute Gasteiger partial charge is 0.227 e. The Morgan fingerprint density at radius 3 is 1.92 bits per heavy atom. The molecule has 3 heterocycles. The van der Waals surface area contributed by atoms with Gasteiger partial charge in [-0.1, -0.05) is 131 Å². The average molecular weight is 786 g/mol. The quantitative estimate of drug-likeness (QED) is 0.167. The van der Waals surface area contributed by atoms with Gasteiger partial charge in [0.15, 0.2) is 5.58 Å². The van der Waals surface area contributed by atoms with Gasteiger partial charge < -0.3 is 13.6 Å². The molecule has 0 N–H and O–H groups in total. The van der Waals surface area contributed by atoms with Crippen molar-refractivity contribution < 1.29 is 4.42 Å². The third-order valence-electron chi connectivity index (χ3n) is 14.1. The zero-order valence-electron chi connectivity index (χ0n) is 34.8. The van der Waals surface area contributed by atoms with Crippen molar-refractivity contribution in [2.75, 3.05) is 0 Å². The Balaban J connectivity index is 1.22. The highest BCUT2D eigenvalue weighted by Gasteiger charge is 2.39. The molecule has 12 aromatic rings. The summed E-state index contributed by atoms with van der Waals surface area (Å²) in [4.78, 5) is 5.06. The standard InChI is InChI=1S/C57H43N3O/c1-56(2)31-32-57(3,4)51-44(56)27-29-46-50(51)43-26-25-42-49-45(28-21-35-20-19-34-13-11-12-18-40(34)48(35)49)60(53(42)54(43)59(46)38-16-9-6-10-17-38)39-23-24-41-37(33-39)22-30-47-52(41)58-55(61-47)36-14-7-5-8-15-36/h5-30,33H,31-32H2,1-4H3. The Bertz CT molecular complexity index is 3810. The first-order chi connectivity index (χ1) is 29.7. The third kappa shape index (κ3) is 4.79. The van der Waals surface area contributed by atoms with Crippen molar-refractivity contribution in [3.05, 3.63) is 175 Å². The zero-order chi connectivity index (χ0) is 40.8. The van der Waals surface area contributed by atoms with E-state index in [4.69, 9.17) is 9.40 Å². The minimum absolute atomic E-state index is 0.0160. The van der Waals surface area contributed by atoms with Gasteiger partial charge in [-0.15, -0.1) is 0 Å². The molecule has 1 aliphatic carbocycles. The van der Waals surface area contributed by atoms with E-state index >= 15 is 0 Å². The van der Waals surface area contributed by atoms with E-state index in [0.717, 1.165) is 45.2 Å². The van der Waals surface area contributed by atoms with Gasteiger partial charge in [0, 0.05) is 43.9 Å². The van der Waals surface area contributed by atoms with Gasteiger partial charge >= 0.3 is 0 Å². The van der Waals surface area contributed by atoms with E-state index in [1.165, 1.54) is 82.7 Å². The normalized spacial score (nSPS) is 15.0. The molecule has 0 saturated heterocycles. The Hall–Kier alpha value is -7.17. The molecule has 0 saturated carbocycles. The van der Waals surface area contributed by atoms with Crippen molar-refractivity contribution >= 4 is 87.0 Å². The number of hydrogen-bond donors (Lipinski definition) is 0. The van der Waals surface area contributed by atoms with E-state index in [1.54, 1.807) is 0 Å². The largest absolute Gasteiger partial charge is 0.436 e. The van der Waals surface area contributed by atoms with E-state index in [-0.39, 0.29) is 10.8 Å². The monoisotopic (exact) mass is 785 g/mol. The first-order valence-corrected chi connectivity index (χ1v) is 21.6. The third-order valence-corrected chi connectivity index (χ3v) is 14.1. The Kier molecular flexibility index (Phi) is 6.94. The number of aromatic nitrogens is 3. The van der Waals surface area contributed by atoms with Crippen LogP contribution in [0.5, 0.6) is 0 Å². The van der Waals surface area contributed by atoms with E-state index in [0.29, 0.717) is 5.89 Å². The Labute approximate surface area is 353 Å². The SMILES string of the molecule is CC1(C)CCC(C)(C)c2c1ccc1c2c2ccc3c4c5c(ccc6ccccc65)ccc4n(-c4ccc5c(ccc6oc(-c7ccccc7)nc65)c4)c3c2n1-c1ccccc1. The molecule has 3 aromatic heterocycles. The highest BCUT2D eigenvalue weighted by atomic mass is 16.3. The van der Waals surface area contributed by atoms with Crippen LogP contribution in [0, 0.1) is 0 Å². The number of rotatable bonds is 3. The van der Waals surface area contributed by atoms with Crippen molar-refractivity contribution in [3.63, 3.8) is 0 Å². The number of para-hydroxylation sites is 1. The number of nitrogens with zero attached hydrogens (tertiary/aromatic N) is 3. The Morgan fingerprint density at radius 2 is 1.10 bits per heavy atom. The topological polar surface area (TPSA) is 35.9 Å². The second-order valence-corrected chi connectivity index (χ2v) is 18.6. The second kappa shape index (κ2) is 12.2. The van der Waals surface area contributed by atoms with Crippen LogP contribution in [0.2, 0.25) is 0 Å².